The van der Waals surface area contributed by atoms with Gasteiger partial charge < -0.3 is 10.5 Å². The maximum atomic E-state index is 13.5. The second-order valence-corrected chi connectivity index (χ2v) is 6.63. The van der Waals surface area contributed by atoms with Crippen LogP contribution < -0.4 is 10.5 Å². The molecule has 0 amide bonds. The van der Waals surface area contributed by atoms with E-state index in [0.29, 0.717) is 6.61 Å². The van der Waals surface area contributed by atoms with Crippen molar-refractivity contribution >= 4 is 10.0 Å². The summed E-state index contributed by atoms with van der Waals surface area (Å²) in [5.74, 6) is -0.569. The zero-order valence-electron chi connectivity index (χ0n) is 10.1. The van der Waals surface area contributed by atoms with E-state index in [4.69, 9.17) is 10.5 Å². The summed E-state index contributed by atoms with van der Waals surface area (Å²) in [6.45, 7) is 0.598. The fraction of sp³-hybridized carbons (Fsp3) is 0.500. The van der Waals surface area contributed by atoms with Crippen LogP contribution in [-0.2, 0) is 14.8 Å². The molecule has 5 nitrogen and oxygen atoms in total. The topological polar surface area (TPSA) is 81.4 Å². The first-order valence-corrected chi connectivity index (χ1v) is 7.63. The first-order chi connectivity index (χ1) is 9.00. The van der Waals surface area contributed by atoms with Crippen LogP contribution in [-0.4, -0.2) is 33.2 Å². The Morgan fingerprint density at radius 2 is 2.11 bits per heavy atom. The van der Waals surface area contributed by atoms with Gasteiger partial charge in [0.05, 0.1) is 12.1 Å². The maximum absolute atomic E-state index is 13.5. The van der Waals surface area contributed by atoms with Gasteiger partial charge in [-0.3, -0.25) is 0 Å². The van der Waals surface area contributed by atoms with Crippen molar-refractivity contribution < 1.29 is 17.5 Å². The Morgan fingerprint density at radius 3 is 2.84 bits per heavy atom. The lowest BCUT2D eigenvalue weighted by Crippen LogP contribution is -2.68. The van der Waals surface area contributed by atoms with Gasteiger partial charge in [0.25, 0.3) is 0 Å². The van der Waals surface area contributed by atoms with Crippen molar-refractivity contribution in [3.63, 3.8) is 0 Å². The molecule has 0 spiro atoms. The molecule has 0 aromatic heterocycles. The van der Waals surface area contributed by atoms with E-state index in [1.807, 2.05) is 0 Å². The highest BCUT2D eigenvalue weighted by atomic mass is 32.2. The highest BCUT2D eigenvalue weighted by Crippen LogP contribution is 2.38. The van der Waals surface area contributed by atoms with Gasteiger partial charge in [-0.15, -0.1) is 0 Å². The van der Waals surface area contributed by atoms with Gasteiger partial charge in [-0.1, -0.05) is 12.1 Å². The van der Waals surface area contributed by atoms with Crippen molar-refractivity contribution in [2.24, 2.45) is 11.7 Å². The lowest BCUT2D eigenvalue weighted by atomic mass is 9.73. The van der Waals surface area contributed by atoms with Gasteiger partial charge in [0, 0.05) is 18.6 Å². The molecule has 19 heavy (non-hydrogen) atoms. The quantitative estimate of drug-likeness (QED) is 0.833. The van der Waals surface area contributed by atoms with Crippen LogP contribution >= 0.6 is 0 Å². The molecule has 1 aliphatic heterocycles. The highest BCUT2D eigenvalue weighted by Gasteiger charge is 2.53. The number of fused-ring (bicyclic) bond motifs is 1. The third kappa shape index (κ3) is 2.06. The Balaban J connectivity index is 1.81. The van der Waals surface area contributed by atoms with Crippen LogP contribution in [0.3, 0.4) is 0 Å². The molecular weight excluding hydrogens is 271 g/mol. The number of ether oxygens (including phenoxy) is 1. The van der Waals surface area contributed by atoms with Crippen LogP contribution in [0.25, 0.3) is 0 Å². The molecule has 4 atom stereocenters. The van der Waals surface area contributed by atoms with Gasteiger partial charge in [-0.2, -0.15) is 0 Å². The zero-order valence-corrected chi connectivity index (χ0v) is 10.9. The average molecular weight is 286 g/mol. The van der Waals surface area contributed by atoms with E-state index >= 15 is 0 Å². The van der Waals surface area contributed by atoms with E-state index < -0.39 is 21.9 Å². The number of benzene rings is 1. The second-order valence-electron chi connectivity index (χ2n) is 4.94. The molecule has 2 fully saturated rings. The fourth-order valence-corrected chi connectivity index (χ4v) is 4.16. The molecular formula is C12H15FN2O3S. The van der Waals surface area contributed by atoms with Crippen LogP contribution in [0.4, 0.5) is 4.39 Å². The number of rotatable bonds is 3. The number of nitrogens with two attached hydrogens (primary N) is 1. The van der Waals surface area contributed by atoms with Crippen molar-refractivity contribution in [1.29, 1.82) is 0 Å². The predicted molar refractivity (Wildman–Crippen MR) is 66.3 cm³/mol. The van der Waals surface area contributed by atoms with E-state index in [0.717, 1.165) is 12.5 Å². The summed E-state index contributed by atoms with van der Waals surface area (Å²) in [7, 11) is -3.91. The third-order valence-electron chi connectivity index (χ3n) is 3.86. The molecule has 1 aliphatic carbocycles. The molecule has 1 aromatic carbocycles. The van der Waals surface area contributed by atoms with Crippen molar-refractivity contribution in [3.05, 3.63) is 30.1 Å². The van der Waals surface area contributed by atoms with Gasteiger partial charge in [0.1, 0.15) is 10.7 Å². The molecule has 2 aliphatic rings. The minimum absolute atomic E-state index is 0.184. The van der Waals surface area contributed by atoms with E-state index in [2.05, 4.69) is 4.72 Å². The summed E-state index contributed by atoms with van der Waals surface area (Å²) >= 11 is 0. The van der Waals surface area contributed by atoms with Crippen molar-refractivity contribution in [3.8, 4) is 0 Å². The number of nitrogens with one attached hydrogen (secondary N) is 1. The summed E-state index contributed by atoms with van der Waals surface area (Å²) in [6.07, 6.45) is 0.667. The standard InChI is InChI=1S/C12H15FN2O3S/c13-8-3-1-2-4-9(8)19(16,17)15-11-10(14)7-5-6-18-12(7)11/h1-4,7,10-12,15H,5-6,14H2. The largest absolute Gasteiger partial charge is 0.376 e. The first kappa shape index (κ1) is 13.0. The average Bonchev–Trinajstić information content (AvgIpc) is 2.81. The molecule has 3 N–H and O–H groups in total. The summed E-state index contributed by atoms with van der Waals surface area (Å²) in [5, 5.41) is 0. The van der Waals surface area contributed by atoms with Gasteiger partial charge in [-0.25, -0.2) is 17.5 Å². The minimum Gasteiger partial charge on any atom is -0.376 e. The predicted octanol–water partition coefficient (Wildman–Crippen LogP) is 0.219. The molecule has 1 aromatic rings. The van der Waals surface area contributed by atoms with Crippen LogP contribution in [0.1, 0.15) is 6.42 Å². The Morgan fingerprint density at radius 1 is 1.37 bits per heavy atom. The SMILES string of the molecule is NC1C2CCOC2C1NS(=O)(=O)c1ccccc1F. The van der Waals surface area contributed by atoms with E-state index in [9.17, 15) is 12.8 Å². The lowest BCUT2D eigenvalue weighted by molar-refractivity contribution is -0.00925. The molecule has 0 radical (unpaired) electrons. The van der Waals surface area contributed by atoms with Gasteiger partial charge in [-0.05, 0) is 18.6 Å². The van der Waals surface area contributed by atoms with Crippen molar-refractivity contribution in [2.45, 2.75) is 29.5 Å². The molecule has 104 valence electrons. The molecule has 1 heterocycles. The molecule has 4 unspecified atom stereocenters. The van der Waals surface area contributed by atoms with Gasteiger partial charge in [0.2, 0.25) is 10.0 Å². The van der Waals surface area contributed by atoms with Gasteiger partial charge in [0.15, 0.2) is 0 Å². The molecule has 1 saturated heterocycles. The number of halogens is 1. The molecule has 0 bridgehead atoms. The monoisotopic (exact) mass is 286 g/mol. The molecule has 7 heteroatoms. The van der Waals surface area contributed by atoms with Crippen molar-refractivity contribution in [1.82, 2.24) is 4.72 Å². The first-order valence-electron chi connectivity index (χ1n) is 6.15. The van der Waals surface area contributed by atoms with Crippen LogP contribution in [0.2, 0.25) is 0 Å². The van der Waals surface area contributed by atoms with Crippen LogP contribution in [0, 0.1) is 11.7 Å². The number of hydrogen-bond donors (Lipinski definition) is 2. The summed E-state index contributed by atoms with van der Waals surface area (Å²) in [5.41, 5.74) is 5.93. The van der Waals surface area contributed by atoms with Crippen LogP contribution in [0.15, 0.2) is 29.2 Å². The Bertz CT molecular complexity index is 592. The molecule has 3 rings (SSSR count). The fourth-order valence-electron chi connectivity index (χ4n) is 2.80. The molecule has 1 saturated carbocycles. The summed E-state index contributed by atoms with van der Waals surface area (Å²) in [6, 6.07) is 4.53. The smallest absolute Gasteiger partial charge is 0.243 e. The summed E-state index contributed by atoms with van der Waals surface area (Å²) in [4.78, 5) is -0.358. The van der Waals surface area contributed by atoms with E-state index in [-0.39, 0.29) is 23.0 Å². The maximum Gasteiger partial charge on any atom is 0.243 e. The second kappa shape index (κ2) is 4.52. The Kier molecular flexibility index (Phi) is 3.09. The van der Waals surface area contributed by atoms with Gasteiger partial charge >= 0.3 is 0 Å². The Labute approximate surface area is 111 Å². The normalized spacial score (nSPS) is 33.8. The summed E-state index contributed by atoms with van der Waals surface area (Å²) < 4.78 is 45.7. The lowest BCUT2D eigenvalue weighted by Gasteiger charge is -2.45. The number of hydrogen-bond acceptors (Lipinski definition) is 4. The zero-order chi connectivity index (χ0) is 13.6. The minimum atomic E-state index is -3.91. The van der Waals surface area contributed by atoms with Crippen molar-refractivity contribution in [2.75, 3.05) is 6.61 Å². The third-order valence-corrected chi connectivity index (χ3v) is 5.36. The number of sulfonamides is 1. The highest BCUT2D eigenvalue weighted by molar-refractivity contribution is 7.89. The van der Waals surface area contributed by atoms with E-state index in [1.54, 1.807) is 0 Å². The Hall–Kier alpha value is -1.02. The van der Waals surface area contributed by atoms with Crippen LogP contribution in [0.5, 0.6) is 0 Å². The van der Waals surface area contributed by atoms with E-state index in [1.165, 1.54) is 18.2 Å².